The molecule has 0 aliphatic carbocycles. The molecular formula is C21H28N2O3. The first kappa shape index (κ1) is 19.9. The van der Waals surface area contributed by atoms with E-state index in [-0.39, 0.29) is 17.9 Å². The zero-order chi connectivity index (χ0) is 18.9. The molecule has 5 nitrogen and oxygen atoms in total. The fourth-order valence-electron chi connectivity index (χ4n) is 2.65. The average molecular weight is 356 g/mol. The summed E-state index contributed by atoms with van der Waals surface area (Å²) in [5.41, 5.74) is 9.23. The number of carbonyl (C=O) groups excluding carboxylic acids is 1. The van der Waals surface area contributed by atoms with Gasteiger partial charge in [-0.3, -0.25) is 4.79 Å². The van der Waals surface area contributed by atoms with Crippen LogP contribution in [0.15, 0.2) is 48.5 Å². The second kappa shape index (κ2) is 9.94. The third-order valence-corrected chi connectivity index (χ3v) is 4.36. The van der Waals surface area contributed by atoms with Crippen LogP contribution < -0.4 is 15.8 Å². The normalized spacial score (nSPS) is 13.1. The van der Waals surface area contributed by atoms with Gasteiger partial charge in [0, 0.05) is 25.3 Å². The van der Waals surface area contributed by atoms with E-state index in [1.807, 2.05) is 62.4 Å². The Balaban J connectivity index is 1.98. The summed E-state index contributed by atoms with van der Waals surface area (Å²) >= 11 is 0. The molecule has 0 heterocycles. The van der Waals surface area contributed by atoms with Crippen LogP contribution in [0.5, 0.6) is 5.75 Å². The monoisotopic (exact) mass is 356 g/mol. The van der Waals surface area contributed by atoms with Gasteiger partial charge in [-0.05, 0) is 24.1 Å². The van der Waals surface area contributed by atoms with Crippen molar-refractivity contribution in [1.82, 2.24) is 5.32 Å². The predicted molar refractivity (Wildman–Crippen MR) is 103 cm³/mol. The van der Waals surface area contributed by atoms with E-state index in [0.717, 1.165) is 22.4 Å². The number of methoxy groups -OCH3 is 1. The molecule has 3 N–H and O–H groups in total. The molecule has 2 unspecified atom stereocenters. The van der Waals surface area contributed by atoms with E-state index in [1.54, 1.807) is 7.11 Å². The quantitative estimate of drug-likeness (QED) is 0.678. The fourth-order valence-corrected chi connectivity index (χ4v) is 2.65. The smallest absolute Gasteiger partial charge is 0.225 e. The Hall–Kier alpha value is -2.37. The van der Waals surface area contributed by atoms with Gasteiger partial charge >= 0.3 is 0 Å². The SMILES string of the molecule is COCCOc1cc(C)ccc1CNC(=O)C(C)C(N)c1ccccc1. The van der Waals surface area contributed by atoms with Gasteiger partial charge in [-0.1, -0.05) is 49.4 Å². The summed E-state index contributed by atoms with van der Waals surface area (Å²) in [6, 6.07) is 15.3. The topological polar surface area (TPSA) is 73.6 Å². The van der Waals surface area contributed by atoms with E-state index >= 15 is 0 Å². The Bertz CT molecular complexity index is 704. The minimum absolute atomic E-state index is 0.0789. The van der Waals surface area contributed by atoms with Crippen LogP contribution in [0.3, 0.4) is 0 Å². The number of nitrogens with two attached hydrogens (primary N) is 1. The standard InChI is InChI=1S/C21H28N2O3/c1-15-9-10-18(19(13-15)26-12-11-25-3)14-23-21(24)16(2)20(22)17-7-5-4-6-8-17/h4-10,13,16,20H,11-12,14,22H2,1-3H3,(H,23,24). The summed E-state index contributed by atoms with van der Waals surface area (Å²) in [6.45, 7) is 5.23. The second-order valence-electron chi connectivity index (χ2n) is 6.40. The Morgan fingerprint density at radius 1 is 1.15 bits per heavy atom. The molecule has 0 saturated carbocycles. The summed E-state index contributed by atoms with van der Waals surface area (Å²) in [5, 5.41) is 2.97. The number of benzene rings is 2. The molecule has 26 heavy (non-hydrogen) atoms. The molecule has 0 aromatic heterocycles. The summed E-state index contributed by atoms with van der Waals surface area (Å²) in [7, 11) is 1.64. The van der Waals surface area contributed by atoms with Gasteiger partial charge < -0.3 is 20.5 Å². The van der Waals surface area contributed by atoms with Gasteiger partial charge in [-0.2, -0.15) is 0 Å². The highest BCUT2D eigenvalue weighted by Gasteiger charge is 2.22. The Morgan fingerprint density at radius 2 is 1.88 bits per heavy atom. The molecule has 0 spiro atoms. The van der Waals surface area contributed by atoms with E-state index in [1.165, 1.54) is 0 Å². The summed E-state index contributed by atoms with van der Waals surface area (Å²) < 4.78 is 10.8. The van der Waals surface area contributed by atoms with Crippen molar-refractivity contribution in [3.63, 3.8) is 0 Å². The Labute approximate surface area is 155 Å². The minimum atomic E-state index is -0.341. The van der Waals surface area contributed by atoms with Crippen LogP contribution in [0.25, 0.3) is 0 Å². The van der Waals surface area contributed by atoms with Crippen molar-refractivity contribution in [2.75, 3.05) is 20.3 Å². The summed E-state index contributed by atoms with van der Waals surface area (Å²) in [6.07, 6.45) is 0. The van der Waals surface area contributed by atoms with E-state index in [9.17, 15) is 4.79 Å². The highest BCUT2D eigenvalue weighted by atomic mass is 16.5. The predicted octanol–water partition coefficient (Wildman–Crippen LogP) is 2.97. The van der Waals surface area contributed by atoms with Crippen LogP contribution in [0.2, 0.25) is 0 Å². The Morgan fingerprint density at radius 3 is 2.58 bits per heavy atom. The third-order valence-electron chi connectivity index (χ3n) is 4.36. The van der Waals surface area contributed by atoms with Crippen molar-refractivity contribution in [2.45, 2.75) is 26.4 Å². The second-order valence-corrected chi connectivity index (χ2v) is 6.40. The number of hydrogen-bond acceptors (Lipinski definition) is 4. The van der Waals surface area contributed by atoms with Crippen LogP contribution in [0.4, 0.5) is 0 Å². The van der Waals surface area contributed by atoms with Gasteiger partial charge in [0.25, 0.3) is 0 Å². The number of nitrogens with one attached hydrogen (secondary N) is 1. The van der Waals surface area contributed by atoms with Gasteiger partial charge in [0.05, 0.1) is 12.5 Å². The number of aryl methyl sites for hydroxylation is 1. The van der Waals surface area contributed by atoms with Gasteiger partial charge in [0.1, 0.15) is 12.4 Å². The molecule has 2 rings (SSSR count). The minimum Gasteiger partial charge on any atom is -0.491 e. The number of carbonyl (C=O) groups is 1. The number of hydrogen-bond donors (Lipinski definition) is 2. The third kappa shape index (κ3) is 5.58. The van der Waals surface area contributed by atoms with E-state index in [2.05, 4.69) is 5.32 Å². The van der Waals surface area contributed by atoms with Crippen molar-refractivity contribution in [3.05, 3.63) is 65.2 Å². The maximum atomic E-state index is 12.5. The van der Waals surface area contributed by atoms with Crippen molar-refractivity contribution in [2.24, 2.45) is 11.7 Å². The number of ether oxygens (including phenoxy) is 2. The lowest BCUT2D eigenvalue weighted by atomic mass is 9.94. The van der Waals surface area contributed by atoms with Crippen molar-refractivity contribution >= 4 is 5.91 Å². The molecule has 0 fully saturated rings. The zero-order valence-electron chi connectivity index (χ0n) is 15.7. The maximum Gasteiger partial charge on any atom is 0.225 e. The molecule has 2 aromatic rings. The lowest BCUT2D eigenvalue weighted by Gasteiger charge is -2.20. The number of rotatable bonds is 9. The van der Waals surface area contributed by atoms with Gasteiger partial charge in [0.15, 0.2) is 0 Å². The van der Waals surface area contributed by atoms with E-state index in [4.69, 9.17) is 15.2 Å². The first-order valence-electron chi connectivity index (χ1n) is 8.82. The lowest BCUT2D eigenvalue weighted by Crippen LogP contribution is -2.35. The van der Waals surface area contributed by atoms with Crippen molar-refractivity contribution < 1.29 is 14.3 Å². The summed E-state index contributed by atoms with van der Waals surface area (Å²) in [5.74, 6) is 0.354. The highest BCUT2D eigenvalue weighted by Crippen LogP contribution is 2.22. The molecule has 2 aromatic carbocycles. The molecular weight excluding hydrogens is 328 g/mol. The maximum absolute atomic E-state index is 12.5. The Kier molecular flexibility index (Phi) is 7.63. The molecule has 2 atom stereocenters. The van der Waals surface area contributed by atoms with Crippen LogP contribution >= 0.6 is 0 Å². The van der Waals surface area contributed by atoms with Crippen LogP contribution in [0, 0.1) is 12.8 Å². The first-order valence-corrected chi connectivity index (χ1v) is 8.82. The average Bonchev–Trinajstić information content (AvgIpc) is 2.66. The van der Waals surface area contributed by atoms with Gasteiger partial charge in [-0.25, -0.2) is 0 Å². The first-order chi connectivity index (χ1) is 12.5. The molecule has 0 radical (unpaired) electrons. The molecule has 1 amide bonds. The zero-order valence-corrected chi connectivity index (χ0v) is 15.7. The van der Waals surface area contributed by atoms with Crippen molar-refractivity contribution in [3.8, 4) is 5.75 Å². The lowest BCUT2D eigenvalue weighted by molar-refractivity contribution is -0.125. The molecule has 0 bridgehead atoms. The van der Waals surface area contributed by atoms with E-state index < -0.39 is 0 Å². The molecule has 5 heteroatoms. The molecule has 0 aliphatic rings. The number of amides is 1. The van der Waals surface area contributed by atoms with E-state index in [0.29, 0.717) is 19.8 Å². The molecule has 0 aliphatic heterocycles. The molecule has 140 valence electrons. The molecule has 0 saturated heterocycles. The van der Waals surface area contributed by atoms with Crippen LogP contribution in [-0.4, -0.2) is 26.2 Å². The highest BCUT2D eigenvalue weighted by molar-refractivity contribution is 5.79. The van der Waals surface area contributed by atoms with Crippen LogP contribution in [-0.2, 0) is 16.1 Å². The summed E-state index contributed by atoms with van der Waals surface area (Å²) in [4.78, 5) is 12.5. The van der Waals surface area contributed by atoms with Gasteiger partial charge in [-0.15, -0.1) is 0 Å². The van der Waals surface area contributed by atoms with Crippen LogP contribution in [0.1, 0.15) is 29.7 Å². The van der Waals surface area contributed by atoms with Gasteiger partial charge in [0.2, 0.25) is 5.91 Å². The largest absolute Gasteiger partial charge is 0.491 e. The fraction of sp³-hybridized carbons (Fsp3) is 0.381. The van der Waals surface area contributed by atoms with Crippen molar-refractivity contribution in [1.29, 1.82) is 0 Å².